The van der Waals surface area contributed by atoms with Crippen molar-refractivity contribution in [3.63, 3.8) is 0 Å². The molecular weight excluding hydrogens is 377 g/mol. The van der Waals surface area contributed by atoms with Crippen molar-refractivity contribution in [2.45, 2.75) is 26.8 Å². The highest BCUT2D eigenvalue weighted by Gasteiger charge is 2.12. The van der Waals surface area contributed by atoms with Gasteiger partial charge in [0.2, 0.25) is 0 Å². The van der Waals surface area contributed by atoms with Crippen LogP contribution in [0.25, 0.3) is 11.4 Å². The van der Waals surface area contributed by atoms with Crippen LogP contribution in [0.2, 0.25) is 0 Å². The fourth-order valence-electron chi connectivity index (χ4n) is 2.89. The van der Waals surface area contributed by atoms with E-state index >= 15 is 0 Å². The van der Waals surface area contributed by atoms with Crippen molar-refractivity contribution in [1.29, 1.82) is 0 Å². The van der Waals surface area contributed by atoms with Crippen LogP contribution in [0.15, 0.2) is 49.3 Å². The summed E-state index contributed by atoms with van der Waals surface area (Å²) in [6, 6.07) is 5.51. The van der Waals surface area contributed by atoms with Gasteiger partial charge in [0.05, 0.1) is 12.5 Å². The number of aryl methyl sites for hydroxylation is 4. The quantitative estimate of drug-likeness (QED) is 0.478. The lowest BCUT2D eigenvalue weighted by Gasteiger charge is -2.12. The van der Waals surface area contributed by atoms with Crippen LogP contribution in [-0.4, -0.2) is 23.9 Å². The molecule has 0 fully saturated rings. The highest BCUT2D eigenvalue weighted by molar-refractivity contribution is 7.07. The molecule has 0 bridgehead atoms. The van der Waals surface area contributed by atoms with E-state index in [0.29, 0.717) is 16.6 Å². The van der Waals surface area contributed by atoms with Crippen molar-refractivity contribution in [2.75, 3.05) is 0 Å². The fourth-order valence-corrected chi connectivity index (χ4v) is 3.46. The van der Waals surface area contributed by atoms with E-state index in [0.717, 1.165) is 47.6 Å². The Kier molecular flexibility index (Phi) is 5.12. The molecule has 0 aliphatic rings. The van der Waals surface area contributed by atoms with E-state index in [1.54, 1.807) is 6.20 Å². The second kappa shape index (κ2) is 7.85. The first-order valence-corrected chi connectivity index (χ1v) is 9.54. The van der Waals surface area contributed by atoms with Crippen LogP contribution in [0, 0.1) is 19.7 Å². The van der Waals surface area contributed by atoms with Crippen LogP contribution in [0.4, 0.5) is 4.39 Å². The minimum atomic E-state index is -0.424. The highest BCUT2D eigenvalue weighted by Crippen LogP contribution is 2.31. The molecule has 0 amide bonds. The van der Waals surface area contributed by atoms with E-state index in [4.69, 9.17) is 4.74 Å². The summed E-state index contributed by atoms with van der Waals surface area (Å²) in [6.45, 7) is 4.95. The van der Waals surface area contributed by atoms with E-state index in [2.05, 4.69) is 36.9 Å². The number of imidazole rings is 1. The Morgan fingerprint density at radius 3 is 2.79 bits per heavy atom. The number of pyridine rings is 1. The maximum Gasteiger partial charge on any atom is 0.299 e. The van der Waals surface area contributed by atoms with Crippen molar-refractivity contribution in [1.82, 2.24) is 23.9 Å². The van der Waals surface area contributed by atoms with Crippen LogP contribution >= 0.6 is 11.5 Å². The van der Waals surface area contributed by atoms with E-state index in [1.807, 2.05) is 25.5 Å². The average molecular weight is 395 g/mol. The third-order valence-corrected chi connectivity index (χ3v) is 4.99. The Balaban J connectivity index is 1.50. The van der Waals surface area contributed by atoms with Gasteiger partial charge in [-0.3, -0.25) is 4.98 Å². The number of nitrogens with zero attached hydrogens (tertiary/aromatic N) is 5. The lowest BCUT2D eigenvalue weighted by atomic mass is 10.0. The summed E-state index contributed by atoms with van der Waals surface area (Å²) in [7, 11) is 0. The Morgan fingerprint density at radius 2 is 2.00 bits per heavy atom. The molecule has 0 atom stereocenters. The number of ether oxygens (including phenoxy) is 1. The molecule has 142 valence electrons. The van der Waals surface area contributed by atoms with E-state index in [-0.39, 0.29) is 0 Å². The van der Waals surface area contributed by atoms with E-state index in [9.17, 15) is 4.39 Å². The molecule has 0 unspecified atom stereocenters. The van der Waals surface area contributed by atoms with Gasteiger partial charge in [-0.1, -0.05) is 6.07 Å². The first kappa shape index (κ1) is 18.2. The van der Waals surface area contributed by atoms with Gasteiger partial charge in [-0.2, -0.15) is 9.36 Å². The Morgan fingerprint density at radius 1 is 1.11 bits per heavy atom. The van der Waals surface area contributed by atoms with Gasteiger partial charge in [-0.05, 0) is 49.1 Å². The SMILES string of the molecule is Cc1cc(Oc2nc(-c3cncc(F)c3)ns2)c(C)cc1CCn1ccnc1. The van der Waals surface area contributed by atoms with Crippen molar-refractivity contribution in [3.05, 3.63) is 71.8 Å². The lowest BCUT2D eigenvalue weighted by Crippen LogP contribution is -2.01. The van der Waals surface area contributed by atoms with Gasteiger partial charge < -0.3 is 9.30 Å². The molecule has 4 rings (SSSR count). The van der Waals surface area contributed by atoms with Gasteiger partial charge in [0.1, 0.15) is 11.6 Å². The van der Waals surface area contributed by atoms with Crippen LogP contribution < -0.4 is 4.74 Å². The molecule has 6 nitrogen and oxygen atoms in total. The zero-order valence-corrected chi connectivity index (χ0v) is 16.3. The Labute approximate surface area is 165 Å². The van der Waals surface area contributed by atoms with Crippen molar-refractivity contribution < 1.29 is 9.13 Å². The molecule has 0 aliphatic heterocycles. The molecule has 4 aromatic rings. The number of halogens is 1. The molecule has 0 saturated carbocycles. The second-order valence-electron chi connectivity index (χ2n) is 6.47. The molecular formula is C20H18FN5OS. The van der Waals surface area contributed by atoms with Crippen molar-refractivity contribution in [2.24, 2.45) is 0 Å². The van der Waals surface area contributed by atoms with E-state index < -0.39 is 5.82 Å². The van der Waals surface area contributed by atoms with Crippen LogP contribution in [-0.2, 0) is 13.0 Å². The van der Waals surface area contributed by atoms with Gasteiger partial charge in [0.25, 0.3) is 5.19 Å². The Bertz CT molecular complexity index is 1090. The summed E-state index contributed by atoms with van der Waals surface area (Å²) < 4.78 is 25.6. The summed E-state index contributed by atoms with van der Waals surface area (Å²) in [5.41, 5.74) is 3.96. The van der Waals surface area contributed by atoms with Crippen molar-refractivity contribution in [3.8, 4) is 22.3 Å². The highest BCUT2D eigenvalue weighted by atomic mass is 32.1. The van der Waals surface area contributed by atoms with Crippen LogP contribution in [0.1, 0.15) is 16.7 Å². The minimum Gasteiger partial charge on any atom is -0.430 e. The first-order chi connectivity index (χ1) is 13.6. The number of aromatic nitrogens is 5. The summed E-state index contributed by atoms with van der Waals surface area (Å²) in [4.78, 5) is 12.2. The van der Waals surface area contributed by atoms with Gasteiger partial charge in [-0.15, -0.1) is 0 Å². The molecule has 0 spiro atoms. The predicted octanol–water partition coefficient (Wildman–Crippen LogP) is 4.59. The molecule has 0 aliphatic carbocycles. The molecule has 3 aromatic heterocycles. The number of hydrogen-bond acceptors (Lipinski definition) is 6. The predicted molar refractivity (Wildman–Crippen MR) is 105 cm³/mol. The lowest BCUT2D eigenvalue weighted by molar-refractivity contribution is 0.474. The zero-order valence-electron chi connectivity index (χ0n) is 15.5. The van der Waals surface area contributed by atoms with Gasteiger partial charge in [0.15, 0.2) is 5.82 Å². The van der Waals surface area contributed by atoms with Crippen LogP contribution in [0.5, 0.6) is 10.9 Å². The van der Waals surface area contributed by atoms with Crippen molar-refractivity contribution >= 4 is 11.5 Å². The average Bonchev–Trinajstić information content (AvgIpc) is 3.35. The van der Waals surface area contributed by atoms with E-state index in [1.165, 1.54) is 17.8 Å². The fraction of sp³-hybridized carbons (Fsp3) is 0.200. The zero-order chi connectivity index (χ0) is 19.5. The third kappa shape index (κ3) is 4.07. The molecule has 1 aromatic carbocycles. The van der Waals surface area contributed by atoms with Gasteiger partial charge in [-0.25, -0.2) is 9.37 Å². The standard InChI is InChI=1S/C20H18FN5OS/c1-13-8-18(14(2)7-15(13)3-5-26-6-4-22-12-26)27-20-24-19(25-28-20)16-9-17(21)11-23-10-16/h4,6-12H,3,5H2,1-2H3. The monoisotopic (exact) mass is 395 g/mol. The Hall–Kier alpha value is -3.13. The normalized spacial score (nSPS) is 11.0. The maximum absolute atomic E-state index is 13.3. The van der Waals surface area contributed by atoms with Crippen LogP contribution in [0.3, 0.4) is 0 Å². The summed E-state index contributed by atoms with van der Waals surface area (Å²) in [5, 5.41) is 0.410. The summed E-state index contributed by atoms with van der Waals surface area (Å²) >= 11 is 1.13. The molecule has 0 N–H and O–H groups in total. The number of benzene rings is 1. The molecule has 3 heterocycles. The molecule has 8 heteroatoms. The number of hydrogen-bond donors (Lipinski definition) is 0. The number of rotatable bonds is 6. The minimum absolute atomic E-state index is 0.401. The second-order valence-corrected chi connectivity index (χ2v) is 7.19. The summed E-state index contributed by atoms with van der Waals surface area (Å²) in [5.74, 6) is 0.717. The smallest absolute Gasteiger partial charge is 0.299 e. The molecule has 0 radical (unpaired) electrons. The molecule has 28 heavy (non-hydrogen) atoms. The topological polar surface area (TPSA) is 65.7 Å². The van der Waals surface area contributed by atoms with Gasteiger partial charge >= 0.3 is 0 Å². The maximum atomic E-state index is 13.3. The third-order valence-electron chi connectivity index (χ3n) is 4.40. The molecule has 0 saturated heterocycles. The largest absolute Gasteiger partial charge is 0.430 e. The first-order valence-electron chi connectivity index (χ1n) is 8.77. The van der Waals surface area contributed by atoms with Gasteiger partial charge in [0, 0.05) is 42.2 Å². The summed E-state index contributed by atoms with van der Waals surface area (Å²) in [6.07, 6.45) is 9.15.